The Bertz CT molecular complexity index is 176. The van der Waals surface area contributed by atoms with Crippen molar-refractivity contribution >= 4 is 5.91 Å². The molecular formula is C11H21NO2. The molecule has 0 spiro atoms. The fraction of sp³-hybridized carbons (Fsp3) is 0.909. The van der Waals surface area contributed by atoms with Gasteiger partial charge in [-0.05, 0) is 19.8 Å². The Kier molecular flexibility index (Phi) is 4.94. The molecule has 0 heterocycles. The van der Waals surface area contributed by atoms with Gasteiger partial charge in [0.2, 0.25) is 5.91 Å². The van der Waals surface area contributed by atoms with E-state index in [0.29, 0.717) is 12.7 Å². The molecule has 0 bridgehead atoms. The Morgan fingerprint density at radius 2 is 2.07 bits per heavy atom. The van der Waals surface area contributed by atoms with Gasteiger partial charge in [0, 0.05) is 13.0 Å². The van der Waals surface area contributed by atoms with Crippen LogP contribution in [0.4, 0.5) is 0 Å². The van der Waals surface area contributed by atoms with E-state index in [1.165, 1.54) is 39.0 Å². The minimum absolute atomic E-state index is 0.0183. The van der Waals surface area contributed by atoms with E-state index in [-0.39, 0.29) is 11.9 Å². The molecule has 0 aromatic heterocycles. The maximum Gasteiger partial charge on any atom is 0.217 e. The van der Waals surface area contributed by atoms with Gasteiger partial charge < -0.3 is 10.1 Å². The van der Waals surface area contributed by atoms with Gasteiger partial charge in [-0.1, -0.05) is 19.3 Å². The second kappa shape index (κ2) is 6.02. The van der Waals surface area contributed by atoms with Crippen molar-refractivity contribution in [2.45, 2.75) is 58.1 Å². The first-order chi connectivity index (χ1) is 6.68. The largest absolute Gasteiger partial charge is 0.376 e. The van der Waals surface area contributed by atoms with Gasteiger partial charge in [-0.3, -0.25) is 4.79 Å². The number of ether oxygens (including phenoxy) is 1. The van der Waals surface area contributed by atoms with Gasteiger partial charge in [-0.15, -0.1) is 0 Å². The van der Waals surface area contributed by atoms with Crippen LogP contribution < -0.4 is 5.32 Å². The Morgan fingerprint density at radius 1 is 1.43 bits per heavy atom. The Hall–Kier alpha value is -0.570. The Labute approximate surface area is 86.2 Å². The molecular weight excluding hydrogens is 178 g/mol. The van der Waals surface area contributed by atoms with Crippen LogP contribution in [0, 0.1) is 0 Å². The predicted molar refractivity (Wildman–Crippen MR) is 56.1 cm³/mol. The highest BCUT2D eigenvalue weighted by atomic mass is 16.5. The zero-order valence-corrected chi connectivity index (χ0v) is 9.21. The number of carbonyl (C=O) groups is 1. The first-order valence-corrected chi connectivity index (χ1v) is 5.57. The van der Waals surface area contributed by atoms with Crippen molar-refractivity contribution in [2.24, 2.45) is 0 Å². The van der Waals surface area contributed by atoms with Crippen molar-refractivity contribution in [1.82, 2.24) is 5.32 Å². The molecule has 1 aliphatic rings. The van der Waals surface area contributed by atoms with Crippen LogP contribution in [0.2, 0.25) is 0 Å². The number of hydrogen-bond donors (Lipinski definition) is 1. The highest BCUT2D eigenvalue weighted by Gasteiger charge is 2.14. The lowest BCUT2D eigenvalue weighted by Crippen LogP contribution is -2.35. The smallest absolute Gasteiger partial charge is 0.217 e. The third-order valence-corrected chi connectivity index (χ3v) is 2.58. The van der Waals surface area contributed by atoms with Gasteiger partial charge >= 0.3 is 0 Å². The number of amides is 1. The molecule has 1 amide bonds. The minimum atomic E-state index is 0.0183. The monoisotopic (exact) mass is 199 g/mol. The van der Waals surface area contributed by atoms with Crippen molar-refractivity contribution in [3.63, 3.8) is 0 Å². The van der Waals surface area contributed by atoms with Gasteiger partial charge in [0.1, 0.15) is 0 Å². The van der Waals surface area contributed by atoms with Gasteiger partial charge in [-0.25, -0.2) is 0 Å². The highest BCUT2D eigenvalue weighted by molar-refractivity contribution is 5.73. The fourth-order valence-corrected chi connectivity index (χ4v) is 1.90. The lowest BCUT2D eigenvalue weighted by Gasteiger charge is -2.23. The van der Waals surface area contributed by atoms with Crippen molar-refractivity contribution < 1.29 is 9.53 Å². The summed E-state index contributed by atoms with van der Waals surface area (Å²) >= 11 is 0. The third kappa shape index (κ3) is 4.61. The maximum atomic E-state index is 10.7. The molecule has 82 valence electrons. The normalized spacial score (nSPS) is 20.4. The van der Waals surface area contributed by atoms with Gasteiger partial charge in [0.15, 0.2) is 0 Å². The summed E-state index contributed by atoms with van der Waals surface area (Å²) in [4.78, 5) is 10.7. The summed E-state index contributed by atoms with van der Waals surface area (Å²) in [6, 6.07) is 0.134. The molecule has 14 heavy (non-hydrogen) atoms. The van der Waals surface area contributed by atoms with E-state index in [1.807, 2.05) is 6.92 Å². The maximum absolute atomic E-state index is 10.7. The quantitative estimate of drug-likeness (QED) is 0.750. The second-order valence-corrected chi connectivity index (χ2v) is 4.19. The molecule has 3 heteroatoms. The van der Waals surface area contributed by atoms with Crippen molar-refractivity contribution in [3.05, 3.63) is 0 Å². The van der Waals surface area contributed by atoms with Crippen molar-refractivity contribution in [3.8, 4) is 0 Å². The summed E-state index contributed by atoms with van der Waals surface area (Å²) in [6.07, 6.45) is 6.74. The summed E-state index contributed by atoms with van der Waals surface area (Å²) in [5, 5.41) is 2.82. The van der Waals surface area contributed by atoms with Crippen molar-refractivity contribution in [1.29, 1.82) is 0 Å². The third-order valence-electron chi connectivity index (χ3n) is 2.58. The Morgan fingerprint density at radius 3 is 2.64 bits per heavy atom. The van der Waals surface area contributed by atoms with Crippen LogP contribution in [0.5, 0.6) is 0 Å². The standard InChI is InChI=1S/C11H21NO2/c1-9(12-10(2)13)8-14-11-6-4-3-5-7-11/h9,11H,3-8H2,1-2H3,(H,12,13)/t9-/m0/s1. The molecule has 1 N–H and O–H groups in total. The lowest BCUT2D eigenvalue weighted by molar-refractivity contribution is -0.120. The molecule has 1 fully saturated rings. The van der Waals surface area contributed by atoms with E-state index in [2.05, 4.69) is 5.32 Å². The van der Waals surface area contributed by atoms with Gasteiger partial charge in [-0.2, -0.15) is 0 Å². The zero-order valence-electron chi connectivity index (χ0n) is 9.21. The van der Waals surface area contributed by atoms with Crippen LogP contribution in [0.15, 0.2) is 0 Å². The Balaban J connectivity index is 2.09. The molecule has 0 aliphatic heterocycles. The van der Waals surface area contributed by atoms with E-state index >= 15 is 0 Å². The molecule has 0 radical (unpaired) electrons. The van der Waals surface area contributed by atoms with Crippen LogP contribution in [-0.4, -0.2) is 24.7 Å². The summed E-state index contributed by atoms with van der Waals surface area (Å²) in [6.45, 7) is 4.16. The summed E-state index contributed by atoms with van der Waals surface area (Å²) in [5.74, 6) is 0.0183. The zero-order chi connectivity index (χ0) is 10.4. The van der Waals surface area contributed by atoms with Crippen LogP contribution in [0.1, 0.15) is 46.0 Å². The van der Waals surface area contributed by atoms with E-state index in [9.17, 15) is 4.79 Å². The SMILES string of the molecule is CC(=O)N[C@@H](C)COC1CCCCC1. The summed E-state index contributed by atoms with van der Waals surface area (Å²) < 4.78 is 5.73. The summed E-state index contributed by atoms with van der Waals surface area (Å²) in [7, 11) is 0. The van der Waals surface area contributed by atoms with Gasteiger partial charge in [0.25, 0.3) is 0 Å². The molecule has 1 atom stereocenters. The molecule has 3 nitrogen and oxygen atoms in total. The average molecular weight is 199 g/mol. The first-order valence-electron chi connectivity index (χ1n) is 5.57. The van der Waals surface area contributed by atoms with E-state index in [1.54, 1.807) is 0 Å². The second-order valence-electron chi connectivity index (χ2n) is 4.19. The van der Waals surface area contributed by atoms with Gasteiger partial charge in [0.05, 0.1) is 12.7 Å². The fourth-order valence-electron chi connectivity index (χ4n) is 1.90. The predicted octanol–water partition coefficient (Wildman–Crippen LogP) is 1.86. The first kappa shape index (κ1) is 11.5. The number of nitrogens with one attached hydrogen (secondary N) is 1. The molecule has 1 rings (SSSR count). The van der Waals surface area contributed by atoms with E-state index in [0.717, 1.165) is 0 Å². The molecule has 0 unspecified atom stereocenters. The number of carbonyl (C=O) groups excluding carboxylic acids is 1. The molecule has 0 aromatic carbocycles. The molecule has 0 saturated heterocycles. The number of rotatable bonds is 4. The van der Waals surface area contributed by atoms with Crippen LogP contribution >= 0.6 is 0 Å². The lowest BCUT2D eigenvalue weighted by atomic mass is 9.98. The molecule has 1 aliphatic carbocycles. The van der Waals surface area contributed by atoms with Crippen molar-refractivity contribution in [2.75, 3.05) is 6.61 Å². The van der Waals surface area contributed by atoms with Crippen LogP contribution in [-0.2, 0) is 9.53 Å². The molecule has 0 aromatic rings. The van der Waals surface area contributed by atoms with Crippen LogP contribution in [0.25, 0.3) is 0 Å². The minimum Gasteiger partial charge on any atom is -0.376 e. The van der Waals surface area contributed by atoms with E-state index in [4.69, 9.17) is 4.74 Å². The number of hydrogen-bond acceptors (Lipinski definition) is 2. The topological polar surface area (TPSA) is 38.3 Å². The molecule has 1 saturated carbocycles. The van der Waals surface area contributed by atoms with E-state index < -0.39 is 0 Å². The average Bonchev–Trinajstić information content (AvgIpc) is 2.15. The highest BCUT2D eigenvalue weighted by Crippen LogP contribution is 2.20. The van der Waals surface area contributed by atoms with Crippen LogP contribution in [0.3, 0.4) is 0 Å². The summed E-state index contributed by atoms with van der Waals surface area (Å²) in [5.41, 5.74) is 0.